The number of aromatic nitrogens is 2. The Balaban J connectivity index is 2.05. The Morgan fingerprint density at radius 1 is 1.29 bits per heavy atom. The molecule has 0 fully saturated rings. The molecule has 1 heterocycles. The number of rotatable bonds is 4. The van der Waals surface area contributed by atoms with Gasteiger partial charge in [-0.15, -0.1) is 18.3 Å². The summed E-state index contributed by atoms with van der Waals surface area (Å²) in [5.74, 6) is -1.05. The molecule has 0 radical (unpaired) electrons. The van der Waals surface area contributed by atoms with Gasteiger partial charge < -0.3 is 10.1 Å². The molecule has 0 saturated carbocycles. The predicted octanol–water partition coefficient (Wildman–Crippen LogP) is 3.16. The summed E-state index contributed by atoms with van der Waals surface area (Å²) in [5.41, 5.74) is 0.141. The molecule has 0 aliphatic rings. The first kappa shape index (κ1) is 15.2. The van der Waals surface area contributed by atoms with Crippen LogP contribution in [0.4, 0.5) is 23.2 Å². The van der Waals surface area contributed by atoms with Gasteiger partial charge in [0.05, 0.1) is 0 Å². The van der Waals surface area contributed by atoms with E-state index in [1.54, 1.807) is 0 Å². The zero-order valence-electron chi connectivity index (χ0n) is 10.1. The fourth-order valence-electron chi connectivity index (χ4n) is 1.40. The minimum Gasteiger partial charge on any atom is -0.406 e. The SMILES string of the molecule is O=C(Nc1ccc(OC(F)(F)F)cc1)c1snnc1CF. The fraction of sp³-hybridized carbons (Fsp3) is 0.182. The number of hydrogen-bond acceptors (Lipinski definition) is 5. The molecule has 21 heavy (non-hydrogen) atoms. The normalized spacial score (nSPS) is 11.2. The number of ether oxygens (including phenoxy) is 1. The monoisotopic (exact) mass is 321 g/mol. The van der Waals surface area contributed by atoms with Crippen molar-refractivity contribution in [3.8, 4) is 5.75 Å². The van der Waals surface area contributed by atoms with Gasteiger partial charge in [-0.25, -0.2) is 4.39 Å². The lowest BCUT2D eigenvalue weighted by atomic mass is 10.3. The van der Waals surface area contributed by atoms with E-state index in [2.05, 4.69) is 19.6 Å². The van der Waals surface area contributed by atoms with Crippen molar-refractivity contribution >= 4 is 23.1 Å². The van der Waals surface area contributed by atoms with Gasteiger partial charge in [0, 0.05) is 5.69 Å². The summed E-state index contributed by atoms with van der Waals surface area (Å²) in [6.07, 6.45) is -4.78. The molecule has 112 valence electrons. The molecule has 2 aromatic rings. The van der Waals surface area contributed by atoms with Crippen molar-refractivity contribution in [2.75, 3.05) is 5.32 Å². The van der Waals surface area contributed by atoms with Gasteiger partial charge in [-0.1, -0.05) is 4.49 Å². The van der Waals surface area contributed by atoms with Gasteiger partial charge in [0.15, 0.2) is 0 Å². The van der Waals surface area contributed by atoms with E-state index in [0.717, 1.165) is 23.7 Å². The number of nitrogens with zero attached hydrogens (tertiary/aromatic N) is 2. The topological polar surface area (TPSA) is 64.1 Å². The summed E-state index contributed by atoms with van der Waals surface area (Å²) < 4.78 is 55.6. The molecule has 0 saturated heterocycles. The zero-order chi connectivity index (χ0) is 15.5. The smallest absolute Gasteiger partial charge is 0.406 e. The van der Waals surface area contributed by atoms with E-state index in [4.69, 9.17) is 0 Å². The summed E-state index contributed by atoms with van der Waals surface area (Å²) in [4.78, 5) is 11.8. The van der Waals surface area contributed by atoms with Crippen molar-refractivity contribution in [2.24, 2.45) is 0 Å². The Bertz CT molecular complexity index is 627. The van der Waals surface area contributed by atoms with E-state index >= 15 is 0 Å². The van der Waals surface area contributed by atoms with Crippen LogP contribution in [-0.4, -0.2) is 21.9 Å². The van der Waals surface area contributed by atoms with Crippen molar-refractivity contribution in [1.29, 1.82) is 0 Å². The molecule has 0 unspecified atom stereocenters. The van der Waals surface area contributed by atoms with Gasteiger partial charge in [0.1, 0.15) is 23.0 Å². The van der Waals surface area contributed by atoms with Crippen LogP contribution in [0.1, 0.15) is 15.4 Å². The molecule has 1 aromatic heterocycles. The van der Waals surface area contributed by atoms with Crippen molar-refractivity contribution in [2.45, 2.75) is 13.0 Å². The second kappa shape index (κ2) is 6.04. The molecule has 1 aromatic carbocycles. The number of nitrogens with one attached hydrogen (secondary N) is 1. The lowest BCUT2D eigenvalue weighted by Gasteiger charge is -2.09. The number of carbonyl (C=O) groups excluding carboxylic acids is 1. The Morgan fingerprint density at radius 2 is 1.95 bits per heavy atom. The van der Waals surface area contributed by atoms with Crippen molar-refractivity contribution in [1.82, 2.24) is 9.59 Å². The van der Waals surface area contributed by atoms with Crippen LogP contribution in [0.15, 0.2) is 24.3 Å². The van der Waals surface area contributed by atoms with Crippen LogP contribution in [0.25, 0.3) is 0 Å². The largest absolute Gasteiger partial charge is 0.573 e. The molecule has 5 nitrogen and oxygen atoms in total. The quantitative estimate of drug-likeness (QED) is 0.879. The van der Waals surface area contributed by atoms with Crippen LogP contribution in [-0.2, 0) is 6.67 Å². The average molecular weight is 321 g/mol. The molecule has 1 amide bonds. The molecule has 0 aliphatic carbocycles. The number of anilines is 1. The summed E-state index contributed by atoms with van der Waals surface area (Å²) in [6, 6.07) is 4.54. The molecule has 2 rings (SSSR count). The lowest BCUT2D eigenvalue weighted by molar-refractivity contribution is -0.274. The van der Waals surface area contributed by atoms with Crippen LogP contribution in [0.2, 0.25) is 0 Å². The highest BCUT2D eigenvalue weighted by Crippen LogP contribution is 2.24. The van der Waals surface area contributed by atoms with Gasteiger partial charge in [-0.3, -0.25) is 4.79 Å². The first-order chi connectivity index (χ1) is 9.89. The number of alkyl halides is 4. The summed E-state index contributed by atoms with van der Waals surface area (Å²) in [5, 5.41) is 5.84. The third-order valence-corrected chi connectivity index (χ3v) is 3.00. The van der Waals surface area contributed by atoms with E-state index < -0.39 is 24.7 Å². The number of benzene rings is 1. The van der Waals surface area contributed by atoms with Gasteiger partial charge in [-0.2, -0.15) is 0 Å². The van der Waals surface area contributed by atoms with Gasteiger partial charge in [0.2, 0.25) is 0 Å². The maximum atomic E-state index is 12.5. The van der Waals surface area contributed by atoms with E-state index in [-0.39, 0.29) is 16.3 Å². The molecule has 0 atom stereocenters. The van der Waals surface area contributed by atoms with Crippen LogP contribution < -0.4 is 10.1 Å². The van der Waals surface area contributed by atoms with E-state index in [1.165, 1.54) is 12.1 Å². The zero-order valence-corrected chi connectivity index (χ0v) is 11.0. The van der Waals surface area contributed by atoms with Crippen molar-refractivity contribution < 1.29 is 27.1 Å². The van der Waals surface area contributed by atoms with Crippen LogP contribution >= 0.6 is 11.5 Å². The van der Waals surface area contributed by atoms with E-state index in [9.17, 15) is 22.4 Å². The Hall–Kier alpha value is -2.23. The minimum atomic E-state index is -4.78. The van der Waals surface area contributed by atoms with E-state index in [0.29, 0.717) is 0 Å². The van der Waals surface area contributed by atoms with Crippen molar-refractivity contribution in [3.63, 3.8) is 0 Å². The van der Waals surface area contributed by atoms with Gasteiger partial charge >= 0.3 is 6.36 Å². The summed E-state index contributed by atoms with van der Waals surface area (Å²) in [7, 11) is 0. The first-order valence-electron chi connectivity index (χ1n) is 5.43. The third-order valence-electron chi connectivity index (χ3n) is 2.23. The lowest BCUT2D eigenvalue weighted by Crippen LogP contribution is -2.17. The Kier molecular flexibility index (Phi) is 4.36. The molecule has 10 heteroatoms. The molecule has 0 aliphatic heterocycles. The van der Waals surface area contributed by atoms with E-state index in [1.807, 2.05) is 0 Å². The van der Waals surface area contributed by atoms with Crippen molar-refractivity contribution in [3.05, 3.63) is 34.8 Å². The molecular formula is C11H7F4N3O2S. The standard InChI is InChI=1S/C11H7F4N3O2S/c12-5-8-9(21-18-17-8)10(19)16-6-1-3-7(4-2-6)20-11(13,14)15/h1-4H,5H2,(H,16,19). The Morgan fingerprint density at radius 3 is 2.52 bits per heavy atom. The molecular weight excluding hydrogens is 314 g/mol. The summed E-state index contributed by atoms with van der Waals surface area (Å²) >= 11 is 0.726. The number of amides is 1. The predicted molar refractivity (Wildman–Crippen MR) is 65.8 cm³/mol. The maximum Gasteiger partial charge on any atom is 0.573 e. The second-order valence-corrected chi connectivity index (χ2v) is 4.46. The number of carbonyl (C=O) groups is 1. The summed E-state index contributed by atoms with van der Waals surface area (Å²) in [6.45, 7) is -0.933. The number of halogens is 4. The first-order valence-corrected chi connectivity index (χ1v) is 6.21. The highest BCUT2D eigenvalue weighted by atomic mass is 32.1. The van der Waals surface area contributed by atoms with Crippen LogP contribution in [0, 0.1) is 0 Å². The van der Waals surface area contributed by atoms with Crippen LogP contribution in [0.3, 0.4) is 0 Å². The average Bonchev–Trinajstić information content (AvgIpc) is 2.87. The molecule has 0 spiro atoms. The van der Waals surface area contributed by atoms with Gasteiger partial charge in [0.25, 0.3) is 5.91 Å². The van der Waals surface area contributed by atoms with Gasteiger partial charge in [-0.05, 0) is 35.8 Å². The number of hydrogen-bond donors (Lipinski definition) is 1. The highest BCUT2D eigenvalue weighted by Gasteiger charge is 2.31. The molecule has 0 bridgehead atoms. The Labute approximate surface area is 119 Å². The highest BCUT2D eigenvalue weighted by molar-refractivity contribution is 7.08. The second-order valence-electron chi connectivity index (χ2n) is 3.71. The third kappa shape index (κ3) is 4.12. The molecule has 1 N–H and O–H groups in total. The fourth-order valence-corrected chi connectivity index (χ4v) is 1.95. The van der Waals surface area contributed by atoms with Crippen LogP contribution in [0.5, 0.6) is 5.75 Å². The maximum absolute atomic E-state index is 12.5. The minimum absolute atomic E-state index is 0.00752.